The van der Waals surface area contributed by atoms with Crippen LogP contribution in [0.5, 0.6) is 0 Å². The molecule has 1 N–H and O–H groups in total. The number of Topliss-reactive ketones (excluding diaryl/α,β-unsaturated/α-hetero) is 1. The van der Waals surface area contributed by atoms with Crippen LogP contribution in [0.3, 0.4) is 0 Å². The van der Waals surface area contributed by atoms with Crippen molar-refractivity contribution in [3.05, 3.63) is 34.8 Å². The van der Waals surface area contributed by atoms with Crippen molar-refractivity contribution >= 4 is 16.7 Å². The van der Waals surface area contributed by atoms with Crippen LogP contribution in [0.15, 0.2) is 12.1 Å². The number of aryl methyl sites for hydroxylation is 2. The maximum Gasteiger partial charge on any atom is 0.179 e. The van der Waals surface area contributed by atoms with Crippen LogP contribution in [-0.4, -0.2) is 10.8 Å². The first-order valence-corrected chi connectivity index (χ1v) is 5.00. The number of ketones is 1. The average molecular weight is 203 g/mol. The van der Waals surface area contributed by atoms with E-state index in [1.165, 1.54) is 6.07 Å². The number of hydrogen-bond donors (Lipinski definition) is 1. The van der Waals surface area contributed by atoms with Gasteiger partial charge in [0.15, 0.2) is 5.78 Å². The molecular weight excluding hydrogens is 193 g/mol. The van der Waals surface area contributed by atoms with Gasteiger partial charge in [0.2, 0.25) is 0 Å². The summed E-state index contributed by atoms with van der Waals surface area (Å²) in [6, 6.07) is 3.42. The van der Waals surface area contributed by atoms with Crippen LogP contribution in [0, 0.1) is 12.7 Å². The van der Waals surface area contributed by atoms with Gasteiger partial charge in [-0.1, -0.05) is 0 Å². The van der Waals surface area contributed by atoms with E-state index in [9.17, 15) is 9.18 Å². The lowest BCUT2D eigenvalue weighted by molar-refractivity contribution is 0.0991. The lowest BCUT2D eigenvalue weighted by Gasteiger charge is -1.97. The Labute approximate surface area is 86.1 Å². The summed E-state index contributed by atoms with van der Waals surface area (Å²) < 4.78 is 13.6. The van der Waals surface area contributed by atoms with E-state index in [0.717, 1.165) is 22.9 Å². The first kappa shape index (κ1) is 8.65. The van der Waals surface area contributed by atoms with Gasteiger partial charge in [0.25, 0.3) is 0 Å². The van der Waals surface area contributed by atoms with E-state index in [0.29, 0.717) is 17.6 Å². The van der Waals surface area contributed by atoms with Crippen molar-refractivity contribution < 1.29 is 9.18 Å². The van der Waals surface area contributed by atoms with Gasteiger partial charge in [0.05, 0.1) is 11.2 Å². The molecule has 3 heteroatoms. The van der Waals surface area contributed by atoms with E-state index >= 15 is 0 Å². The molecule has 0 atom stereocenters. The molecule has 1 aromatic heterocycles. The smallest absolute Gasteiger partial charge is 0.179 e. The highest BCUT2D eigenvalue weighted by Crippen LogP contribution is 2.31. The quantitative estimate of drug-likeness (QED) is 0.701. The number of carbonyl (C=O) groups excluding carboxylic acids is 1. The zero-order valence-electron chi connectivity index (χ0n) is 8.36. The third-order valence-corrected chi connectivity index (χ3v) is 2.99. The lowest BCUT2D eigenvalue weighted by Crippen LogP contribution is -1.91. The maximum atomic E-state index is 13.6. The third-order valence-electron chi connectivity index (χ3n) is 2.99. The molecule has 0 fully saturated rings. The molecule has 0 spiro atoms. The highest BCUT2D eigenvalue weighted by atomic mass is 19.1. The molecule has 0 radical (unpaired) electrons. The Balaban J connectivity index is 2.44. The fraction of sp³-hybridized carbons (Fsp3) is 0.250. The molecule has 0 unspecified atom stereocenters. The van der Waals surface area contributed by atoms with E-state index in [4.69, 9.17) is 0 Å². The van der Waals surface area contributed by atoms with Gasteiger partial charge in [-0.2, -0.15) is 0 Å². The fourth-order valence-electron chi connectivity index (χ4n) is 2.30. The number of H-pyrrole nitrogens is 1. The molecule has 0 saturated carbocycles. The molecule has 1 aromatic carbocycles. The van der Waals surface area contributed by atoms with E-state index < -0.39 is 0 Å². The maximum absolute atomic E-state index is 13.6. The molecule has 0 bridgehead atoms. The van der Waals surface area contributed by atoms with Gasteiger partial charge in [-0.3, -0.25) is 4.79 Å². The number of rotatable bonds is 0. The number of halogens is 1. The van der Waals surface area contributed by atoms with Gasteiger partial charge >= 0.3 is 0 Å². The molecule has 3 rings (SSSR count). The molecule has 1 heterocycles. The molecule has 76 valence electrons. The standard InChI is InChI=1S/C12H10FNO/c1-6-4-8-7-2-3-10(15)12(7)14-11(8)9(13)5-6/h4-5,14H,2-3H2,1H3. The van der Waals surface area contributed by atoms with Crippen molar-refractivity contribution in [2.75, 3.05) is 0 Å². The van der Waals surface area contributed by atoms with Gasteiger partial charge in [-0.05, 0) is 36.6 Å². The Kier molecular flexibility index (Phi) is 1.55. The highest BCUT2D eigenvalue weighted by molar-refractivity contribution is 6.05. The van der Waals surface area contributed by atoms with E-state index in [1.807, 2.05) is 13.0 Å². The van der Waals surface area contributed by atoms with E-state index in [1.54, 1.807) is 0 Å². The zero-order chi connectivity index (χ0) is 10.6. The SMILES string of the molecule is Cc1cc(F)c2[nH]c3c(c2c1)CCC3=O. The minimum atomic E-state index is -0.271. The summed E-state index contributed by atoms with van der Waals surface area (Å²) in [6.07, 6.45) is 1.28. The number of carbonyl (C=O) groups is 1. The van der Waals surface area contributed by atoms with Crippen LogP contribution in [0.1, 0.15) is 28.0 Å². The van der Waals surface area contributed by atoms with Crippen molar-refractivity contribution in [2.45, 2.75) is 19.8 Å². The fourth-order valence-corrected chi connectivity index (χ4v) is 2.30. The second-order valence-electron chi connectivity index (χ2n) is 4.07. The average Bonchev–Trinajstić information content (AvgIpc) is 2.68. The van der Waals surface area contributed by atoms with Crippen LogP contribution < -0.4 is 0 Å². The normalized spacial score (nSPS) is 14.9. The number of benzene rings is 1. The Morgan fingerprint density at radius 1 is 1.33 bits per heavy atom. The van der Waals surface area contributed by atoms with Crippen LogP contribution in [0.4, 0.5) is 4.39 Å². The molecule has 15 heavy (non-hydrogen) atoms. The number of aromatic amines is 1. The van der Waals surface area contributed by atoms with Gasteiger partial charge in [0, 0.05) is 11.8 Å². The van der Waals surface area contributed by atoms with Gasteiger partial charge in [-0.25, -0.2) is 4.39 Å². The minimum absolute atomic E-state index is 0.0956. The van der Waals surface area contributed by atoms with Crippen molar-refractivity contribution in [3.8, 4) is 0 Å². The summed E-state index contributed by atoms with van der Waals surface area (Å²) in [7, 11) is 0. The number of nitrogens with one attached hydrogen (secondary N) is 1. The van der Waals surface area contributed by atoms with Crippen molar-refractivity contribution in [3.63, 3.8) is 0 Å². The predicted molar refractivity (Wildman–Crippen MR) is 55.6 cm³/mol. The van der Waals surface area contributed by atoms with Gasteiger partial charge < -0.3 is 4.98 Å². The van der Waals surface area contributed by atoms with Crippen LogP contribution in [0.2, 0.25) is 0 Å². The number of hydrogen-bond acceptors (Lipinski definition) is 1. The largest absolute Gasteiger partial charge is 0.349 e. The van der Waals surface area contributed by atoms with Gasteiger partial charge in [0.1, 0.15) is 5.82 Å². The lowest BCUT2D eigenvalue weighted by atomic mass is 10.1. The highest BCUT2D eigenvalue weighted by Gasteiger charge is 2.25. The molecule has 0 aliphatic heterocycles. The Morgan fingerprint density at radius 3 is 2.93 bits per heavy atom. The molecule has 2 aromatic rings. The second-order valence-corrected chi connectivity index (χ2v) is 4.07. The van der Waals surface area contributed by atoms with E-state index in [-0.39, 0.29) is 11.6 Å². The zero-order valence-corrected chi connectivity index (χ0v) is 8.36. The first-order valence-electron chi connectivity index (χ1n) is 5.00. The molecule has 2 nitrogen and oxygen atoms in total. The molecule has 1 aliphatic carbocycles. The van der Waals surface area contributed by atoms with E-state index in [2.05, 4.69) is 4.98 Å². The topological polar surface area (TPSA) is 32.9 Å². The van der Waals surface area contributed by atoms with Crippen molar-refractivity contribution in [2.24, 2.45) is 0 Å². The molecule has 0 amide bonds. The molecule has 1 aliphatic rings. The third kappa shape index (κ3) is 1.06. The summed E-state index contributed by atoms with van der Waals surface area (Å²) >= 11 is 0. The first-order chi connectivity index (χ1) is 7.16. The van der Waals surface area contributed by atoms with Crippen LogP contribution in [0.25, 0.3) is 10.9 Å². The van der Waals surface area contributed by atoms with Gasteiger partial charge in [-0.15, -0.1) is 0 Å². The number of fused-ring (bicyclic) bond motifs is 3. The summed E-state index contributed by atoms with van der Waals surface area (Å²) in [5.74, 6) is -0.176. The van der Waals surface area contributed by atoms with Crippen molar-refractivity contribution in [1.29, 1.82) is 0 Å². The minimum Gasteiger partial charge on any atom is -0.349 e. The Hall–Kier alpha value is -1.64. The molecule has 0 saturated heterocycles. The summed E-state index contributed by atoms with van der Waals surface area (Å²) in [5, 5.41) is 0.869. The number of aromatic nitrogens is 1. The summed E-state index contributed by atoms with van der Waals surface area (Å²) in [6.45, 7) is 1.86. The summed E-state index contributed by atoms with van der Waals surface area (Å²) in [4.78, 5) is 14.4. The predicted octanol–water partition coefficient (Wildman–Crippen LogP) is 2.74. The summed E-state index contributed by atoms with van der Waals surface area (Å²) in [5.41, 5.74) is 2.95. The van der Waals surface area contributed by atoms with Crippen molar-refractivity contribution in [1.82, 2.24) is 4.98 Å². The van der Waals surface area contributed by atoms with Crippen LogP contribution >= 0.6 is 0 Å². The Bertz CT molecular complexity index is 583. The van der Waals surface area contributed by atoms with Crippen LogP contribution in [-0.2, 0) is 6.42 Å². The Morgan fingerprint density at radius 2 is 2.13 bits per heavy atom. The monoisotopic (exact) mass is 203 g/mol. The molecular formula is C12H10FNO. The second kappa shape index (κ2) is 2.69.